The molecule has 0 aromatic heterocycles. The predicted molar refractivity (Wildman–Crippen MR) is 130 cm³/mol. The van der Waals surface area contributed by atoms with Crippen LogP contribution in [0.25, 0.3) is 0 Å². The summed E-state index contributed by atoms with van der Waals surface area (Å²) >= 11 is 0. The van der Waals surface area contributed by atoms with Gasteiger partial charge >= 0.3 is 11.8 Å². The fourth-order valence-corrected chi connectivity index (χ4v) is 4.08. The highest BCUT2D eigenvalue weighted by molar-refractivity contribution is 6.35. The third kappa shape index (κ3) is 7.56. The number of carbonyl (C=O) groups excluding carboxylic acids is 3. The summed E-state index contributed by atoms with van der Waals surface area (Å²) < 4.78 is 27.5. The van der Waals surface area contributed by atoms with Gasteiger partial charge in [0, 0.05) is 39.3 Å². The Bertz CT molecular complexity index is 1080. The third-order valence-electron chi connectivity index (χ3n) is 6.13. The molecule has 10 heteroatoms. The summed E-state index contributed by atoms with van der Waals surface area (Å²) in [6.45, 7) is 2.79. The van der Waals surface area contributed by atoms with Crippen LogP contribution in [-0.2, 0) is 33.8 Å². The number of halogens is 2. The van der Waals surface area contributed by atoms with Gasteiger partial charge in [-0.3, -0.25) is 14.4 Å². The van der Waals surface area contributed by atoms with E-state index in [4.69, 9.17) is 0 Å². The van der Waals surface area contributed by atoms with Crippen molar-refractivity contribution in [3.8, 4) is 0 Å². The Kier molecular flexibility index (Phi) is 9.49. The molecule has 1 saturated heterocycles. The molecular formula is C26H32F2N4O4. The van der Waals surface area contributed by atoms with E-state index in [-0.39, 0.29) is 31.6 Å². The molecule has 0 aliphatic carbocycles. The Morgan fingerprint density at radius 2 is 1.72 bits per heavy atom. The number of piperazine rings is 1. The Morgan fingerprint density at radius 3 is 2.42 bits per heavy atom. The van der Waals surface area contributed by atoms with E-state index in [1.807, 2.05) is 18.2 Å². The molecule has 0 saturated carbocycles. The quantitative estimate of drug-likeness (QED) is 0.398. The molecule has 2 aromatic carbocycles. The summed E-state index contributed by atoms with van der Waals surface area (Å²) in [6, 6.07) is 10.1. The van der Waals surface area contributed by atoms with Crippen LogP contribution in [-0.4, -0.2) is 78.0 Å². The molecule has 36 heavy (non-hydrogen) atoms. The molecule has 0 radical (unpaired) electrons. The zero-order chi connectivity index (χ0) is 26.2. The Balaban J connectivity index is 1.66. The molecule has 1 aliphatic heterocycles. The average Bonchev–Trinajstić information content (AvgIpc) is 2.83. The van der Waals surface area contributed by atoms with Crippen molar-refractivity contribution >= 4 is 17.7 Å². The van der Waals surface area contributed by atoms with E-state index in [0.717, 1.165) is 35.1 Å². The number of aliphatic hydroxyl groups excluding tert-OH is 1. The molecule has 2 aromatic rings. The molecule has 1 fully saturated rings. The SMILES string of the molecule is CCc1cccc(CNC[C@H](O)[C@H](Cc2cc(F)cc(F)c2)NC(=O)CN2CCN(C)C(=O)C2=O)c1. The first-order valence-electron chi connectivity index (χ1n) is 11.9. The van der Waals surface area contributed by atoms with Crippen molar-refractivity contribution < 1.29 is 28.3 Å². The number of rotatable bonds is 11. The lowest BCUT2D eigenvalue weighted by Gasteiger charge is -2.32. The number of amides is 3. The van der Waals surface area contributed by atoms with Crippen molar-refractivity contribution in [1.82, 2.24) is 20.4 Å². The number of nitrogens with zero attached hydrogens (tertiary/aromatic N) is 2. The van der Waals surface area contributed by atoms with E-state index in [1.165, 1.54) is 17.5 Å². The molecule has 0 spiro atoms. The molecule has 1 heterocycles. The first-order valence-corrected chi connectivity index (χ1v) is 11.9. The summed E-state index contributed by atoms with van der Waals surface area (Å²) in [5, 5.41) is 16.7. The number of benzene rings is 2. The van der Waals surface area contributed by atoms with Gasteiger partial charge in [-0.15, -0.1) is 0 Å². The van der Waals surface area contributed by atoms with Gasteiger partial charge in [0.05, 0.1) is 12.1 Å². The average molecular weight is 503 g/mol. The first-order chi connectivity index (χ1) is 17.2. The highest BCUT2D eigenvalue weighted by Gasteiger charge is 2.32. The third-order valence-corrected chi connectivity index (χ3v) is 6.13. The predicted octanol–water partition coefficient (Wildman–Crippen LogP) is 1.01. The Morgan fingerprint density at radius 1 is 1.03 bits per heavy atom. The van der Waals surface area contributed by atoms with Gasteiger partial charge in [-0.2, -0.15) is 0 Å². The summed E-state index contributed by atoms with van der Waals surface area (Å²) in [5.74, 6) is -3.59. The monoisotopic (exact) mass is 502 g/mol. The molecule has 3 amide bonds. The molecule has 0 unspecified atom stereocenters. The van der Waals surface area contributed by atoms with E-state index in [0.29, 0.717) is 13.1 Å². The standard InChI is InChI=1S/C26H32F2N4O4/c1-3-17-5-4-6-18(9-17)14-29-15-23(33)22(12-19-10-20(27)13-21(28)11-19)30-24(34)16-32-8-7-31(2)25(35)26(32)36/h4-6,9-11,13,22-23,29,33H,3,7-8,12,14-16H2,1-2H3,(H,30,34)/t22-,23-/m0/s1. The molecule has 8 nitrogen and oxygen atoms in total. The Labute approximate surface area is 209 Å². The summed E-state index contributed by atoms with van der Waals surface area (Å²) in [6.07, 6.45) is -0.236. The van der Waals surface area contributed by atoms with Crippen LogP contribution in [0.5, 0.6) is 0 Å². The Hall–Kier alpha value is -3.37. The van der Waals surface area contributed by atoms with Crippen molar-refractivity contribution in [2.45, 2.75) is 38.5 Å². The van der Waals surface area contributed by atoms with Crippen LogP contribution in [0.4, 0.5) is 8.78 Å². The van der Waals surface area contributed by atoms with Gasteiger partial charge in [-0.05, 0) is 41.7 Å². The van der Waals surface area contributed by atoms with Crippen LogP contribution in [0.3, 0.4) is 0 Å². The van der Waals surface area contributed by atoms with Gasteiger partial charge in [0.1, 0.15) is 18.2 Å². The van der Waals surface area contributed by atoms with Gasteiger partial charge in [0.25, 0.3) is 0 Å². The van der Waals surface area contributed by atoms with Crippen molar-refractivity contribution in [3.63, 3.8) is 0 Å². The van der Waals surface area contributed by atoms with E-state index in [9.17, 15) is 28.3 Å². The smallest absolute Gasteiger partial charge is 0.312 e. The maximum Gasteiger partial charge on any atom is 0.312 e. The van der Waals surface area contributed by atoms with Crippen molar-refractivity contribution in [2.75, 3.05) is 33.2 Å². The highest BCUT2D eigenvalue weighted by atomic mass is 19.1. The van der Waals surface area contributed by atoms with E-state index in [2.05, 4.69) is 23.6 Å². The minimum atomic E-state index is -1.10. The number of likely N-dealkylation sites (N-methyl/N-ethyl adjacent to an activating group) is 1. The topological polar surface area (TPSA) is 102 Å². The summed E-state index contributed by atoms with van der Waals surface area (Å²) in [4.78, 5) is 39.3. The van der Waals surface area contributed by atoms with Crippen molar-refractivity contribution in [1.29, 1.82) is 0 Å². The number of aryl methyl sites for hydroxylation is 1. The fourth-order valence-electron chi connectivity index (χ4n) is 4.08. The minimum absolute atomic E-state index is 0.0375. The molecule has 2 atom stereocenters. The minimum Gasteiger partial charge on any atom is -0.390 e. The van der Waals surface area contributed by atoms with Crippen LogP contribution in [0, 0.1) is 11.6 Å². The number of aliphatic hydroxyl groups is 1. The molecular weight excluding hydrogens is 470 g/mol. The van der Waals surface area contributed by atoms with E-state index >= 15 is 0 Å². The molecule has 1 aliphatic rings. The first kappa shape index (κ1) is 27.2. The maximum absolute atomic E-state index is 13.7. The number of nitrogens with one attached hydrogen (secondary N) is 2. The second-order valence-electron chi connectivity index (χ2n) is 8.98. The second kappa shape index (κ2) is 12.5. The van der Waals surface area contributed by atoms with E-state index < -0.39 is 41.5 Å². The van der Waals surface area contributed by atoms with Crippen LogP contribution in [0.15, 0.2) is 42.5 Å². The molecule has 0 bridgehead atoms. The van der Waals surface area contributed by atoms with Crippen LogP contribution in [0.1, 0.15) is 23.6 Å². The highest BCUT2D eigenvalue weighted by Crippen LogP contribution is 2.13. The lowest BCUT2D eigenvalue weighted by molar-refractivity contribution is -0.155. The van der Waals surface area contributed by atoms with Gasteiger partial charge in [0.2, 0.25) is 5.91 Å². The molecule has 3 N–H and O–H groups in total. The van der Waals surface area contributed by atoms with E-state index in [1.54, 1.807) is 0 Å². The molecule has 194 valence electrons. The summed E-state index contributed by atoms with van der Waals surface area (Å²) in [5.41, 5.74) is 2.48. The maximum atomic E-state index is 13.7. The van der Waals surface area contributed by atoms with Gasteiger partial charge in [-0.25, -0.2) is 8.78 Å². The number of hydrogen-bond donors (Lipinski definition) is 3. The lowest BCUT2D eigenvalue weighted by Crippen LogP contribution is -2.57. The van der Waals surface area contributed by atoms with Crippen LogP contribution in [0.2, 0.25) is 0 Å². The number of hydrogen-bond acceptors (Lipinski definition) is 5. The lowest BCUT2D eigenvalue weighted by atomic mass is 10.0. The van der Waals surface area contributed by atoms with Gasteiger partial charge in [0.15, 0.2) is 0 Å². The normalized spacial score (nSPS) is 15.7. The van der Waals surface area contributed by atoms with Crippen molar-refractivity contribution in [2.24, 2.45) is 0 Å². The zero-order valence-corrected chi connectivity index (χ0v) is 20.5. The van der Waals surface area contributed by atoms with Crippen LogP contribution >= 0.6 is 0 Å². The van der Waals surface area contributed by atoms with Crippen LogP contribution < -0.4 is 10.6 Å². The van der Waals surface area contributed by atoms with Gasteiger partial charge < -0.3 is 25.5 Å². The number of carbonyl (C=O) groups is 3. The summed E-state index contributed by atoms with van der Waals surface area (Å²) in [7, 11) is 1.51. The second-order valence-corrected chi connectivity index (χ2v) is 8.98. The molecule has 3 rings (SSSR count). The van der Waals surface area contributed by atoms with Gasteiger partial charge in [-0.1, -0.05) is 31.2 Å². The largest absolute Gasteiger partial charge is 0.390 e. The zero-order valence-electron chi connectivity index (χ0n) is 20.5. The fraction of sp³-hybridized carbons (Fsp3) is 0.423. The van der Waals surface area contributed by atoms with Crippen molar-refractivity contribution in [3.05, 3.63) is 70.8 Å².